The summed E-state index contributed by atoms with van der Waals surface area (Å²) >= 11 is 0. The fourth-order valence-corrected chi connectivity index (χ4v) is 2.78. The van der Waals surface area contributed by atoms with Gasteiger partial charge in [-0.3, -0.25) is 0 Å². The van der Waals surface area contributed by atoms with Crippen LogP contribution < -0.4 is 5.73 Å². The molecular weight excluding hydrogens is 258 g/mol. The van der Waals surface area contributed by atoms with Gasteiger partial charge in [-0.05, 0) is 41.8 Å². The molecule has 0 aliphatic heterocycles. The van der Waals surface area contributed by atoms with E-state index in [0.717, 1.165) is 34.0 Å². The Balaban J connectivity index is 1.83. The van der Waals surface area contributed by atoms with Gasteiger partial charge in [0.1, 0.15) is 11.2 Å². The van der Waals surface area contributed by atoms with Crippen molar-refractivity contribution in [3.63, 3.8) is 0 Å². The van der Waals surface area contributed by atoms with E-state index in [0.29, 0.717) is 0 Å². The molecule has 21 heavy (non-hydrogen) atoms. The van der Waals surface area contributed by atoms with Crippen LogP contribution in [0.25, 0.3) is 21.9 Å². The van der Waals surface area contributed by atoms with Crippen LogP contribution in [0.4, 0.5) is 5.69 Å². The molecule has 2 N–H and O–H groups in total. The zero-order valence-corrected chi connectivity index (χ0v) is 11.5. The van der Waals surface area contributed by atoms with Gasteiger partial charge in [0.2, 0.25) is 0 Å². The standard InChI is InChI=1S/C19H15NO/c20-15-7-8-16-17-11-14(10-13-4-2-1-3-5-13)6-9-18(17)21-19(16)12-15/h1-9,11-12H,10,20H2. The van der Waals surface area contributed by atoms with E-state index in [2.05, 4.69) is 36.4 Å². The Morgan fingerprint density at radius 3 is 2.43 bits per heavy atom. The molecule has 0 radical (unpaired) electrons. The van der Waals surface area contributed by atoms with Crippen LogP contribution in [-0.2, 0) is 6.42 Å². The molecule has 1 aromatic heterocycles. The minimum absolute atomic E-state index is 0.728. The molecule has 2 heteroatoms. The highest BCUT2D eigenvalue weighted by molar-refractivity contribution is 6.05. The van der Waals surface area contributed by atoms with Gasteiger partial charge in [0.05, 0.1) is 0 Å². The molecule has 0 bridgehead atoms. The summed E-state index contributed by atoms with van der Waals surface area (Å²) in [5.74, 6) is 0. The van der Waals surface area contributed by atoms with Crippen molar-refractivity contribution < 1.29 is 4.42 Å². The molecule has 102 valence electrons. The van der Waals surface area contributed by atoms with Crippen molar-refractivity contribution in [2.75, 3.05) is 5.73 Å². The lowest BCUT2D eigenvalue weighted by Crippen LogP contribution is -1.86. The molecule has 2 nitrogen and oxygen atoms in total. The maximum absolute atomic E-state index is 5.86. The third-order valence-electron chi connectivity index (χ3n) is 3.81. The maximum atomic E-state index is 5.86. The molecule has 0 atom stereocenters. The first-order valence-electron chi connectivity index (χ1n) is 7.04. The number of benzene rings is 3. The normalized spacial score (nSPS) is 11.2. The molecule has 1 heterocycles. The second kappa shape index (κ2) is 4.67. The Kier molecular flexibility index (Phi) is 2.68. The zero-order chi connectivity index (χ0) is 14.2. The number of hydrogen-bond donors (Lipinski definition) is 1. The highest BCUT2D eigenvalue weighted by atomic mass is 16.3. The summed E-state index contributed by atoms with van der Waals surface area (Å²) in [6.07, 6.45) is 0.929. The number of fused-ring (bicyclic) bond motifs is 3. The second-order valence-electron chi connectivity index (χ2n) is 5.35. The number of rotatable bonds is 2. The molecule has 3 aromatic carbocycles. The Morgan fingerprint density at radius 1 is 0.714 bits per heavy atom. The number of nitrogen functional groups attached to an aromatic ring is 1. The first-order chi connectivity index (χ1) is 10.3. The Bertz CT molecular complexity index is 922. The smallest absolute Gasteiger partial charge is 0.137 e. The molecular formula is C19H15NO. The second-order valence-corrected chi connectivity index (χ2v) is 5.35. The van der Waals surface area contributed by atoms with Gasteiger partial charge in [-0.25, -0.2) is 0 Å². The van der Waals surface area contributed by atoms with Gasteiger partial charge in [0.25, 0.3) is 0 Å². The molecule has 0 spiro atoms. The summed E-state index contributed by atoms with van der Waals surface area (Å²) in [4.78, 5) is 0. The SMILES string of the molecule is Nc1ccc2c(c1)oc1ccc(Cc3ccccc3)cc12. The molecule has 0 saturated carbocycles. The molecule has 4 aromatic rings. The van der Waals surface area contributed by atoms with Gasteiger partial charge in [0.15, 0.2) is 0 Å². The average molecular weight is 273 g/mol. The zero-order valence-electron chi connectivity index (χ0n) is 11.5. The first kappa shape index (κ1) is 12.0. The van der Waals surface area contributed by atoms with Crippen molar-refractivity contribution in [1.29, 1.82) is 0 Å². The summed E-state index contributed by atoms with van der Waals surface area (Å²) < 4.78 is 5.86. The maximum Gasteiger partial charge on any atom is 0.137 e. The average Bonchev–Trinajstić information content (AvgIpc) is 2.85. The van der Waals surface area contributed by atoms with Gasteiger partial charge in [0, 0.05) is 22.5 Å². The molecule has 4 rings (SSSR count). The predicted molar refractivity (Wildman–Crippen MR) is 87.4 cm³/mol. The van der Waals surface area contributed by atoms with Crippen molar-refractivity contribution in [3.8, 4) is 0 Å². The van der Waals surface area contributed by atoms with Crippen molar-refractivity contribution in [1.82, 2.24) is 0 Å². The van der Waals surface area contributed by atoms with E-state index in [1.54, 1.807) is 0 Å². The number of furan rings is 1. The van der Waals surface area contributed by atoms with E-state index in [4.69, 9.17) is 10.2 Å². The van der Waals surface area contributed by atoms with E-state index in [1.807, 2.05) is 30.3 Å². The topological polar surface area (TPSA) is 39.2 Å². The minimum Gasteiger partial charge on any atom is -0.456 e. The van der Waals surface area contributed by atoms with Gasteiger partial charge in [-0.15, -0.1) is 0 Å². The summed E-state index contributed by atoms with van der Waals surface area (Å²) in [5, 5.41) is 2.27. The summed E-state index contributed by atoms with van der Waals surface area (Å²) in [5.41, 5.74) is 10.9. The van der Waals surface area contributed by atoms with Crippen LogP contribution >= 0.6 is 0 Å². The third kappa shape index (κ3) is 2.15. The number of hydrogen-bond acceptors (Lipinski definition) is 2. The van der Waals surface area contributed by atoms with Crippen LogP contribution in [0.2, 0.25) is 0 Å². The highest BCUT2D eigenvalue weighted by Gasteiger charge is 2.08. The first-order valence-corrected chi connectivity index (χ1v) is 7.04. The van der Waals surface area contributed by atoms with Crippen LogP contribution in [0.3, 0.4) is 0 Å². The predicted octanol–water partition coefficient (Wildman–Crippen LogP) is 4.76. The van der Waals surface area contributed by atoms with Gasteiger partial charge >= 0.3 is 0 Å². The Hall–Kier alpha value is -2.74. The van der Waals surface area contributed by atoms with Crippen molar-refractivity contribution >= 4 is 27.6 Å². The van der Waals surface area contributed by atoms with Crippen LogP contribution in [0.15, 0.2) is 71.1 Å². The molecule has 0 amide bonds. The summed E-state index contributed by atoms with van der Waals surface area (Å²) in [6.45, 7) is 0. The molecule has 0 aliphatic rings. The largest absolute Gasteiger partial charge is 0.456 e. The lowest BCUT2D eigenvalue weighted by atomic mass is 10.0. The molecule has 0 unspecified atom stereocenters. The highest BCUT2D eigenvalue weighted by Crippen LogP contribution is 2.31. The van der Waals surface area contributed by atoms with E-state index >= 15 is 0 Å². The molecule has 0 saturated heterocycles. The lowest BCUT2D eigenvalue weighted by molar-refractivity contribution is 0.669. The van der Waals surface area contributed by atoms with E-state index in [1.165, 1.54) is 11.1 Å². The monoisotopic (exact) mass is 273 g/mol. The van der Waals surface area contributed by atoms with Crippen LogP contribution in [-0.4, -0.2) is 0 Å². The van der Waals surface area contributed by atoms with E-state index in [9.17, 15) is 0 Å². The Labute approximate surface area is 122 Å². The van der Waals surface area contributed by atoms with E-state index in [-0.39, 0.29) is 0 Å². The van der Waals surface area contributed by atoms with Gasteiger partial charge in [-0.2, -0.15) is 0 Å². The van der Waals surface area contributed by atoms with Crippen LogP contribution in [0.1, 0.15) is 11.1 Å². The third-order valence-corrected chi connectivity index (χ3v) is 3.81. The van der Waals surface area contributed by atoms with Crippen LogP contribution in [0.5, 0.6) is 0 Å². The van der Waals surface area contributed by atoms with Crippen LogP contribution in [0, 0.1) is 0 Å². The van der Waals surface area contributed by atoms with Crippen molar-refractivity contribution in [3.05, 3.63) is 77.9 Å². The Morgan fingerprint density at radius 2 is 1.57 bits per heavy atom. The number of nitrogens with two attached hydrogens (primary N) is 1. The lowest BCUT2D eigenvalue weighted by Gasteiger charge is -2.01. The van der Waals surface area contributed by atoms with Crippen molar-refractivity contribution in [2.24, 2.45) is 0 Å². The van der Waals surface area contributed by atoms with Gasteiger partial charge < -0.3 is 10.2 Å². The summed E-state index contributed by atoms with van der Waals surface area (Å²) in [7, 11) is 0. The fourth-order valence-electron chi connectivity index (χ4n) is 2.78. The van der Waals surface area contributed by atoms with E-state index < -0.39 is 0 Å². The molecule has 0 fully saturated rings. The van der Waals surface area contributed by atoms with Gasteiger partial charge in [-0.1, -0.05) is 36.4 Å². The number of anilines is 1. The summed E-state index contributed by atoms with van der Waals surface area (Å²) in [6, 6.07) is 22.7. The van der Waals surface area contributed by atoms with Crippen molar-refractivity contribution in [2.45, 2.75) is 6.42 Å². The quantitative estimate of drug-likeness (QED) is 0.535. The minimum atomic E-state index is 0.728. The fraction of sp³-hybridized carbons (Fsp3) is 0.0526. The molecule has 0 aliphatic carbocycles.